The predicted molar refractivity (Wildman–Crippen MR) is 60.5 cm³/mol. The van der Waals surface area contributed by atoms with Crippen molar-refractivity contribution in [2.45, 2.75) is 31.9 Å². The van der Waals surface area contributed by atoms with E-state index >= 15 is 0 Å². The van der Waals surface area contributed by atoms with Gasteiger partial charge in [0, 0.05) is 28.9 Å². The zero-order valence-corrected chi connectivity index (χ0v) is 10.3. The van der Waals surface area contributed by atoms with Crippen LogP contribution in [0.5, 0.6) is 0 Å². The Balaban J connectivity index is 3.83. The molecule has 0 aromatic heterocycles. The SMILES string of the molecule is CCC(C#N)C(=O)NCCC(C)S(C)=O. The van der Waals surface area contributed by atoms with E-state index in [9.17, 15) is 9.00 Å². The van der Waals surface area contributed by atoms with Gasteiger partial charge < -0.3 is 5.32 Å². The number of hydrogen-bond donors (Lipinski definition) is 1. The summed E-state index contributed by atoms with van der Waals surface area (Å²) < 4.78 is 11.0. The van der Waals surface area contributed by atoms with Gasteiger partial charge in [-0.05, 0) is 12.8 Å². The molecule has 1 N–H and O–H groups in total. The van der Waals surface area contributed by atoms with Gasteiger partial charge in [-0.2, -0.15) is 5.26 Å². The van der Waals surface area contributed by atoms with Gasteiger partial charge in [-0.15, -0.1) is 0 Å². The summed E-state index contributed by atoms with van der Waals surface area (Å²) in [5.41, 5.74) is 0. The molecular formula is C10H18N2O2S. The Kier molecular flexibility index (Phi) is 6.97. The Morgan fingerprint density at radius 1 is 1.60 bits per heavy atom. The van der Waals surface area contributed by atoms with Crippen LogP contribution in [0.1, 0.15) is 26.7 Å². The Morgan fingerprint density at radius 2 is 2.20 bits per heavy atom. The second kappa shape index (κ2) is 7.41. The van der Waals surface area contributed by atoms with Gasteiger partial charge in [0.25, 0.3) is 0 Å². The van der Waals surface area contributed by atoms with Crippen molar-refractivity contribution in [3.8, 4) is 6.07 Å². The van der Waals surface area contributed by atoms with Crippen molar-refractivity contribution in [2.75, 3.05) is 12.8 Å². The third kappa shape index (κ3) is 5.53. The first-order valence-electron chi connectivity index (χ1n) is 5.02. The lowest BCUT2D eigenvalue weighted by Crippen LogP contribution is -2.32. The number of nitrogens with one attached hydrogen (secondary N) is 1. The second-order valence-corrected chi connectivity index (χ2v) is 5.28. The molecule has 3 unspecified atom stereocenters. The van der Waals surface area contributed by atoms with Gasteiger partial charge >= 0.3 is 0 Å². The first kappa shape index (κ1) is 14.1. The number of rotatable bonds is 6. The molecule has 0 aromatic rings. The molecule has 3 atom stereocenters. The largest absolute Gasteiger partial charge is 0.355 e. The normalized spacial score (nSPS) is 16.1. The predicted octanol–water partition coefficient (Wildman–Crippen LogP) is 0.809. The van der Waals surface area contributed by atoms with E-state index in [1.54, 1.807) is 13.2 Å². The summed E-state index contributed by atoms with van der Waals surface area (Å²) in [6.45, 7) is 4.17. The minimum atomic E-state index is -0.856. The molecule has 0 saturated carbocycles. The van der Waals surface area contributed by atoms with Crippen LogP contribution in [0.4, 0.5) is 0 Å². The molecule has 0 aliphatic heterocycles. The third-order valence-electron chi connectivity index (χ3n) is 2.30. The van der Waals surface area contributed by atoms with Crippen molar-refractivity contribution in [3.63, 3.8) is 0 Å². The molecule has 0 bridgehead atoms. The Morgan fingerprint density at radius 3 is 2.60 bits per heavy atom. The lowest BCUT2D eigenvalue weighted by atomic mass is 10.1. The molecule has 0 aliphatic carbocycles. The topological polar surface area (TPSA) is 70.0 Å². The highest BCUT2D eigenvalue weighted by Crippen LogP contribution is 2.01. The van der Waals surface area contributed by atoms with E-state index in [0.29, 0.717) is 19.4 Å². The molecule has 5 heteroatoms. The van der Waals surface area contributed by atoms with Gasteiger partial charge in [0.05, 0.1) is 6.07 Å². The van der Waals surface area contributed by atoms with Crippen molar-refractivity contribution in [1.82, 2.24) is 5.32 Å². The van der Waals surface area contributed by atoms with Crippen molar-refractivity contribution in [3.05, 3.63) is 0 Å². The fourth-order valence-corrected chi connectivity index (χ4v) is 1.47. The smallest absolute Gasteiger partial charge is 0.237 e. The summed E-state index contributed by atoms with van der Waals surface area (Å²) in [7, 11) is -0.856. The molecule has 0 aliphatic rings. The fraction of sp³-hybridized carbons (Fsp3) is 0.800. The van der Waals surface area contributed by atoms with Crippen LogP contribution >= 0.6 is 0 Å². The van der Waals surface area contributed by atoms with Crippen molar-refractivity contribution < 1.29 is 9.00 Å². The van der Waals surface area contributed by atoms with Crippen LogP contribution in [-0.4, -0.2) is 28.2 Å². The summed E-state index contributed by atoms with van der Waals surface area (Å²) >= 11 is 0. The molecule has 15 heavy (non-hydrogen) atoms. The van der Waals surface area contributed by atoms with Crippen LogP contribution in [0.3, 0.4) is 0 Å². The zero-order chi connectivity index (χ0) is 11.8. The standard InChI is InChI=1S/C10H18N2O2S/c1-4-9(7-11)10(13)12-6-5-8(2)15(3)14/h8-9H,4-6H2,1-3H3,(H,12,13). The van der Waals surface area contributed by atoms with E-state index in [-0.39, 0.29) is 11.2 Å². The van der Waals surface area contributed by atoms with Gasteiger partial charge in [0.1, 0.15) is 5.92 Å². The summed E-state index contributed by atoms with van der Waals surface area (Å²) in [6.07, 6.45) is 2.85. The minimum Gasteiger partial charge on any atom is -0.355 e. The van der Waals surface area contributed by atoms with Gasteiger partial charge in [-0.3, -0.25) is 9.00 Å². The number of nitriles is 1. The van der Waals surface area contributed by atoms with Gasteiger partial charge in [-0.25, -0.2) is 0 Å². The van der Waals surface area contributed by atoms with E-state index < -0.39 is 16.7 Å². The fourth-order valence-electron chi connectivity index (χ4n) is 1.02. The van der Waals surface area contributed by atoms with Crippen LogP contribution in [0.2, 0.25) is 0 Å². The number of hydrogen-bond acceptors (Lipinski definition) is 3. The Labute approximate surface area is 93.5 Å². The molecule has 0 radical (unpaired) electrons. The third-order valence-corrected chi connectivity index (χ3v) is 3.67. The summed E-state index contributed by atoms with van der Waals surface area (Å²) in [5, 5.41) is 11.4. The minimum absolute atomic E-state index is 0.0764. The van der Waals surface area contributed by atoms with Gasteiger partial charge in [0.15, 0.2) is 0 Å². The van der Waals surface area contributed by atoms with E-state index in [4.69, 9.17) is 5.26 Å². The maximum absolute atomic E-state index is 11.3. The van der Waals surface area contributed by atoms with Crippen molar-refractivity contribution in [1.29, 1.82) is 5.26 Å². The van der Waals surface area contributed by atoms with Crippen molar-refractivity contribution in [2.24, 2.45) is 5.92 Å². The van der Waals surface area contributed by atoms with Crippen LogP contribution in [-0.2, 0) is 15.6 Å². The number of amides is 1. The number of carbonyl (C=O) groups is 1. The monoisotopic (exact) mass is 230 g/mol. The molecule has 1 amide bonds. The van der Waals surface area contributed by atoms with Gasteiger partial charge in [-0.1, -0.05) is 13.8 Å². The van der Waals surface area contributed by atoms with Crippen LogP contribution in [0.15, 0.2) is 0 Å². The average molecular weight is 230 g/mol. The molecule has 4 nitrogen and oxygen atoms in total. The average Bonchev–Trinajstić information content (AvgIpc) is 2.19. The second-order valence-electron chi connectivity index (χ2n) is 3.48. The summed E-state index contributed by atoms with van der Waals surface area (Å²) in [5.74, 6) is -0.790. The molecule has 0 rings (SSSR count). The zero-order valence-electron chi connectivity index (χ0n) is 9.45. The van der Waals surface area contributed by atoms with E-state index in [1.807, 2.05) is 13.0 Å². The van der Waals surface area contributed by atoms with E-state index in [1.165, 1.54) is 0 Å². The quantitative estimate of drug-likeness (QED) is 0.734. The molecule has 0 saturated heterocycles. The summed E-state index contributed by atoms with van der Waals surface area (Å²) in [4.78, 5) is 11.3. The molecule has 0 aromatic carbocycles. The molecule has 0 fully saturated rings. The first-order valence-corrected chi connectivity index (χ1v) is 6.64. The summed E-state index contributed by atoms with van der Waals surface area (Å²) in [6, 6.07) is 1.94. The van der Waals surface area contributed by atoms with Crippen molar-refractivity contribution >= 4 is 16.7 Å². The molecule has 86 valence electrons. The molecule has 0 spiro atoms. The highest BCUT2D eigenvalue weighted by atomic mass is 32.2. The van der Waals surface area contributed by atoms with E-state index in [2.05, 4.69) is 5.32 Å². The van der Waals surface area contributed by atoms with E-state index in [0.717, 1.165) is 0 Å². The Hall–Kier alpha value is -0.890. The first-order chi connectivity index (χ1) is 7.02. The van der Waals surface area contributed by atoms with Crippen LogP contribution in [0, 0.1) is 17.2 Å². The van der Waals surface area contributed by atoms with Gasteiger partial charge in [0.2, 0.25) is 5.91 Å². The lowest BCUT2D eigenvalue weighted by molar-refractivity contribution is -0.123. The number of nitrogens with zero attached hydrogens (tertiary/aromatic N) is 1. The maximum atomic E-state index is 11.3. The Bertz CT molecular complexity index is 273. The highest BCUT2D eigenvalue weighted by Gasteiger charge is 2.15. The maximum Gasteiger partial charge on any atom is 0.237 e. The lowest BCUT2D eigenvalue weighted by Gasteiger charge is -2.10. The van der Waals surface area contributed by atoms with Crippen LogP contribution < -0.4 is 5.32 Å². The number of carbonyl (C=O) groups excluding carboxylic acids is 1. The van der Waals surface area contributed by atoms with Crippen LogP contribution in [0.25, 0.3) is 0 Å². The highest BCUT2D eigenvalue weighted by molar-refractivity contribution is 7.84. The molecule has 0 heterocycles. The molecular weight excluding hydrogens is 212 g/mol.